The summed E-state index contributed by atoms with van der Waals surface area (Å²) in [6, 6.07) is 11.1. The zero-order valence-corrected chi connectivity index (χ0v) is 10.8. The van der Waals surface area contributed by atoms with Crippen LogP contribution in [0.15, 0.2) is 36.4 Å². The summed E-state index contributed by atoms with van der Waals surface area (Å²) in [6.45, 7) is 0. The van der Waals surface area contributed by atoms with Gasteiger partial charge in [-0.15, -0.1) is 0 Å². The van der Waals surface area contributed by atoms with E-state index in [1.165, 1.54) is 19.2 Å². The van der Waals surface area contributed by atoms with Crippen LogP contribution in [-0.4, -0.2) is 7.11 Å². The van der Waals surface area contributed by atoms with Gasteiger partial charge in [0.1, 0.15) is 17.6 Å². The third-order valence-corrected chi connectivity index (χ3v) is 2.77. The van der Waals surface area contributed by atoms with Crippen LogP contribution < -0.4 is 10.1 Å². The molecule has 2 rings (SSSR count). The average molecular weight is 277 g/mol. The molecule has 2 aromatic rings. The summed E-state index contributed by atoms with van der Waals surface area (Å²) in [7, 11) is 1.54. The molecule has 1 N–H and O–H groups in total. The third-order valence-electron chi connectivity index (χ3n) is 2.53. The van der Waals surface area contributed by atoms with Gasteiger partial charge in [0.05, 0.1) is 18.4 Å². The molecule has 19 heavy (non-hydrogen) atoms. The van der Waals surface area contributed by atoms with Crippen molar-refractivity contribution in [3.05, 3.63) is 52.8 Å². The van der Waals surface area contributed by atoms with Gasteiger partial charge in [0.15, 0.2) is 0 Å². The fourth-order valence-electron chi connectivity index (χ4n) is 1.62. The van der Waals surface area contributed by atoms with Crippen LogP contribution in [0.2, 0.25) is 5.02 Å². The molecule has 96 valence electrons. The molecule has 0 heterocycles. The zero-order chi connectivity index (χ0) is 13.8. The van der Waals surface area contributed by atoms with E-state index in [1.54, 1.807) is 30.3 Å². The molecule has 2 aromatic carbocycles. The van der Waals surface area contributed by atoms with Gasteiger partial charge in [-0.05, 0) is 36.4 Å². The van der Waals surface area contributed by atoms with Crippen LogP contribution in [-0.2, 0) is 0 Å². The summed E-state index contributed by atoms with van der Waals surface area (Å²) in [5.74, 6) is 0.0164. The number of nitrogens with one attached hydrogen (secondary N) is 1. The van der Waals surface area contributed by atoms with Crippen LogP contribution in [0, 0.1) is 17.1 Å². The van der Waals surface area contributed by atoms with Gasteiger partial charge in [-0.3, -0.25) is 0 Å². The van der Waals surface area contributed by atoms with Crippen LogP contribution in [0.4, 0.5) is 15.8 Å². The number of benzene rings is 2. The van der Waals surface area contributed by atoms with E-state index in [9.17, 15) is 4.39 Å². The Morgan fingerprint density at radius 3 is 2.68 bits per heavy atom. The van der Waals surface area contributed by atoms with Crippen molar-refractivity contribution in [1.29, 1.82) is 5.26 Å². The van der Waals surface area contributed by atoms with Crippen molar-refractivity contribution >= 4 is 23.0 Å². The van der Waals surface area contributed by atoms with Crippen molar-refractivity contribution in [3.8, 4) is 11.8 Å². The van der Waals surface area contributed by atoms with Crippen molar-refractivity contribution in [3.63, 3.8) is 0 Å². The molecule has 0 aliphatic carbocycles. The topological polar surface area (TPSA) is 45.0 Å². The van der Waals surface area contributed by atoms with Gasteiger partial charge in [-0.1, -0.05) is 11.6 Å². The molecule has 0 aliphatic rings. The Kier molecular flexibility index (Phi) is 3.88. The number of methoxy groups -OCH3 is 1. The first kappa shape index (κ1) is 13.2. The molecule has 0 amide bonds. The smallest absolute Gasteiger partial charge is 0.143 e. The normalized spacial score (nSPS) is 9.79. The molecule has 0 bridgehead atoms. The molecule has 0 aliphatic heterocycles. The summed E-state index contributed by atoms with van der Waals surface area (Å²) in [4.78, 5) is 0. The lowest BCUT2D eigenvalue weighted by Crippen LogP contribution is -1.96. The molecule has 5 heteroatoms. The summed E-state index contributed by atoms with van der Waals surface area (Å²) in [5, 5.41) is 12.2. The lowest BCUT2D eigenvalue weighted by Gasteiger charge is -2.11. The highest BCUT2D eigenvalue weighted by Gasteiger charge is 2.07. The number of rotatable bonds is 3. The number of nitriles is 1. The zero-order valence-electron chi connectivity index (χ0n) is 10.1. The predicted octanol–water partition coefficient (Wildman–Crippen LogP) is 4.10. The number of ether oxygens (including phenoxy) is 1. The molecule has 0 saturated heterocycles. The van der Waals surface area contributed by atoms with E-state index in [0.29, 0.717) is 22.1 Å². The lowest BCUT2D eigenvalue weighted by molar-refractivity contribution is 0.417. The third kappa shape index (κ3) is 2.95. The number of anilines is 2. The highest BCUT2D eigenvalue weighted by Crippen LogP contribution is 2.30. The molecule has 0 atom stereocenters. The van der Waals surface area contributed by atoms with E-state index in [2.05, 4.69) is 5.32 Å². The lowest BCUT2D eigenvalue weighted by atomic mass is 10.2. The molecule has 0 unspecified atom stereocenters. The molecule has 0 spiro atoms. The van der Waals surface area contributed by atoms with Crippen LogP contribution >= 0.6 is 11.6 Å². The standard InChI is InChI=1S/C14H10ClFN2O/c1-19-14-5-3-10(15)6-13(14)18-11-4-2-9(8-17)12(16)7-11/h2-7,18H,1H3. The number of nitrogens with zero attached hydrogens (tertiary/aromatic N) is 1. The number of hydrogen-bond donors (Lipinski definition) is 1. The maximum atomic E-state index is 13.5. The highest BCUT2D eigenvalue weighted by molar-refractivity contribution is 6.31. The van der Waals surface area contributed by atoms with Gasteiger partial charge in [0.25, 0.3) is 0 Å². The summed E-state index contributed by atoms with van der Waals surface area (Å²) >= 11 is 5.91. The van der Waals surface area contributed by atoms with E-state index < -0.39 is 5.82 Å². The Labute approximate surface area is 115 Å². The van der Waals surface area contributed by atoms with Crippen LogP contribution in [0.25, 0.3) is 0 Å². The number of halogens is 2. The van der Waals surface area contributed by atoms with E-state index in [0.717, 1.165) is 0 Å². The number of hydrogen-bond acceptors (Lipinski definition) is 3. The van der Waals surface area contributed by atoms with Crippen molar-refractivity contribution < 1.29 is 9.13 Å². The Morgan fingerprint density at radius 1 is 1.26 bits per heavy atom. The first-order valence-electron chi connectivity index (χ1n) is 5.44. The Morgan fingerprint density at radius 2 is 2.05 bits per heavy atom. The van der Waals surface area contributed by atoms with E-state index >= 15 is 0 Å². The second-order valence-electron chi connectivity index (χ2n) is 3.78. The van der Waals surface area contributed by atoms with Crippen molar-refractivity contribution in [2.75, 3.05) is 12.4 Å². The second-order valence-corrected chi connectivity index (χ2v) is 4.21. The van der Waals surface area contributed by atoms with E-state index in [-0.39, 0.29) is 5.56 Å². The fraction of sp³-hybridized carbons (Fsp3) is 0.0714. The Balaban J connectivity index is 2.33. The summed E-state index contributed by atoms with van der Waals surface area (Å²) in [6.07, 6.45) is 0. The molecule has 0 saturated carbocycles. The molecular weight excluding hydrogens is 267 g/mol. The summed E-state index contributed by atoms with van der Waals surface area (Å²) in [5.41, 5.74) is 1.14. The molecular formula is C14H10ClFN2O. The van der Waals surface area contributed by atoms with Gasteiger partial charge in [-0.25, -0.2) is 4.39 Å². The average Bonchev–Trinajstić information content (AvgIpc) is 2.39. The second kappa shape index (κ2) is 5.59. The maximum Gasteiger partial charge on any atom is 0.143 e. The quantitative estimate of drug-likeness (QED) is 0.918. The van der Waals surface area contributed by atoms with Crippen LogP contribution in [0.5, 0.6) is 5.75 Å². The Bertz CT molecular complexity index is 652. The van der Waals surface area contributed by atoms with Crippen molar-refractivity contribution in [1.82, 2.24) is 0 Å². The maximum absolute atomic E-state index is 13.5. The van der Waals surface area contributed by atoms with Gasteiger partial charge >= 0.3 is 0 Å². The van der Waals surface area contributed by atoms with Gasteiger partial charge in [0.2, 0.25) is 0 Å². The molecule has 0 aromatic heterocycles. The van der Waals surface area contributed by atoms with Crippen molar-refractivity contribution in [2.45, 2.75) is 0 Å². The van der Waals surface area contributed by atoms with Crippen LogP contribution in [0.1, 0.15) is 5.56 Å². The minimum atomic E-state index is -0.575. The SMILES string of the molecule is COc1ccc(Cl)cc1Nc1ccc(C#N)c(F)c1. The van der Waals surface area contributed by atoms with E-state index in [4.69, 9.17) is 21.6 Å². The molecule has 0 fully saturated rings. The largest absolute Gasteiger partial charge is 0.495 e. The molecule has 0 radical (unpaired) electrons. The van der Waals surface area contributed by atoms with Gasteiger partial charge < -0.3 is 10.1 Å². The van der Waals surface area contributed by atoms with Gasteiger partial charge in [0, 0.05) is 10.7 Å². The first-order valence-corrected chi connectivity index (χ1v) is 5.82. The van der Waals surface area contributed by atoms with Crippen LogP contribution in [0.3, 0.4) is 0 Å². The van der Waals surface area contributed by atoms with E-state index in [1.807, 2.05) is 0 Å². The van der Waals surface area contributed by atoms with Gasteiger partial charge in [-0.2, -0.15) is 5.26 Å². The van der Waals surface area contributed by atoms with Crippen molar-refractivity contribution in [2.24, 2.45) is 0 Å². The molecule has 3 nitrogen and oxygen atoms in total. The monoisotopic (exact) mass is 276 g/mol. The predicted molar refractivity (Wildman–Crippen MR) is 72.4 cm³/mol. The highest BCUT2D eigenvalue weighted by atomic mass is 35.5. The Hall–Kier alpha value is -2.25. The first-order chi connectivity index (χ1) is 9.13. The fourth-order valence-corrected chi connectivity index (χ4v) is 1.79. The minimum absolute atomic E-state index is 0.00334. The minimum Gasteiger partial charge on any atom is -0.495 e. The summed E-state index contributed by atoms with van der Waals surface area (Å²) < 4.78 is 18.7.